The van der Waals surface area contributed by atoms with Gasteiger partial charge in [0.05, 0.1) is 12.1 Å². The van der Waals surface area contributed by atoms with Gasteiger partial charge in [-0.05, 0) is 32.1 Å². The fraction of sp³-hybridized carbons (Fsp3) is 0.700. The second-order valence-corrected chi connectivity index (χ2v) is 8.34. The highest BCUT2D eigenvalue weighted by Gasteiger charge is 2.33. The molecule has 0 saturated carbocycles. The van der Waals surface area contributed by atoms with Crippen molar-refractivity contribution < 1.29 is 39.3 Å². The number of nitrogens with one attached hydrogen (secondary N) is 3. The number of carbonyl (C=O) groups excluding carboxylic acids is 3. The number of hydrogen-bond donors (Lipinski definition) is 9. The summed E-state index contributed by atoms with van der Waals surface area (Å²) in [5, 5.41) is 35.1. The van der Waals surface area contributed by atoms with Crippen LogP contribution in [0.5, 0.6) is 0 Å². The van der Waals surface area contributed by atoms with Crippen LogP contribution < -0.4 is 33.2 Å². The number of hydrogen-bond acceptors (Lipinski definition) is 8. The van der Waals surface area contributed by atoms with Gasteiger partial charge in [-0.15, -0.1) is 0 Å². The summed E-state index contributed by atoms with van der Waals surface area (Å²) in [6, 6.07) is -5.23. The van der Waals surface area contributed by atoms with Gasteiger partial charge in [0.25, 0.3) is 0 Å². The monoisotopic (exact) mass is 503 g/mol. The smallest absolute Gasteiger partial charge is 0.326 e. The van der Waals surface area contributed by atoms with Crippen LogP contribution in [-0.4, -0.2) is 87.8 Å². The van der Waals surface area contributed by atoms with E-state index < -0.39 is 65.8 Å². The third-order valence-electron chi connectivity index (χ3n) is 4.88. The van der Waals surface area contributed by atoms with Gasteiger partial charge in [0.15, 0.2) is 5.96 Å². The standard InChI is InChI=1S/C20H37N7O8/c1-9(2)14(19(34)35)26-17(32)12(5-4-8-24-20(22)23)25-18(33)15(10(3)28)27-16(31)11(21)6-7-13(29)30/h9-12,14-15,28H,4-8,21H2,1-3H3,(H,25,33)(H,26,32)(H,27,31)(H,29,30)(H,34,35)(H4,22,23,24). The minimum atomic E-state index is -1.52. The molecule has 200 valence electrons. The molecule has 12 N–H and O–H groups in total. The van der Waals surface area contributed by atoms with Crippen LogP contribution in [-0.2, 0) is 24.0 Å². The van der Waals surface area contributed by atoms with E-state index in [1.54, 1.807) is 13.8 Å². The van der Waals surface area contributed by atoms with Gasteiger partial charge in [-0.1, -0.05) is 13.8 Å². The lowest BCUT2D eigenvalue weighted by atomic mass is 10.0. The lowest BCUT2D eigenvalue weighted by Crippen LogP contribution is -2.60. The highest BCUT2D eigenvalue weighted by atomic mass is 16.4. The number of aliphatic hydroxyl groups excluding tert-OH is 1. The molecule has 0 spiro atoms. The number of rotatable bonds is 16. The maximum Gasteiger partial charge on any atom is 0.326 e. The number of aliphatic hydroxyl groups is 1. The number of aliphatic imine (C=N–C) groups is 1. The molecule has 0 aromatic heterocycles. The molecule has 35 heavy (non-hydrogen) atoms. The van der Waals surface area contributed by atoms with Gasteiger partial charge in [-0.3, -0.25) is 24.2 Å². The topological polar surface area (TPSA) is 273 Å². The predicted molar refractivity (Wildman–Crippen MR) is 125 cm³/mol. The number of guanidine groups is 1. The summed E-state index contributed by atoms with van der Waals surface area (Å²) in [5.74, 6) is -5.64. The summed E-state index contributed by atoms with van der Waals surface area (Å²) in [4.78, 5) is 63.8. The highest BCUT2D eigenvalue weighted by molar-refractivity contribution is 5.94. The van der Waals surface area contributed by atoms with Crippen molar-refractivity contribution in [2.24, 2.45) is 28.1 Å². The molecule has 0 aliphatic rings. The van der Waals surface area contributed by atoms with E-state index in [2.05, 4.69) is 20.9 Å². The maximum atomic E-state index is 12.8. The Labute approximate surface area is 202 Å². The fourth-order valence-electron chi connectivity index (χ4n) is 2.88. The van der Waals surface area contributed by atoms with Crippen molar-refractivity contribution in [3.05, 3.63) is 0 Å². The van der Waals surface area contributed by atoms with E-state index in [1.165, 1.54) is 6.92 Å². The first-order chi connectivity index (χ1) is 16.2. The van der Waals surface area contributed by atoms with Crippen LogP contribution in [0.3, 0.4) is 0 Å². The van der Waals surface area contributed by atoms with Gasteiger partial charge in [0.2, 0.25) is 17.7 Å². The van der Waals surface area contributed by atoms with Crippen LogP contribution in [0, 0.1) is 5.92 Å². The molecule has 3 amide bonds. The molecule has 5 atom stereocenters. The summed E-state index contributed by atoms with van der Waals surface area (Å²) in [6.07, 6.45) is -1.73. The van der Waals surface area contributed by atoms with Crippen LogP contribution in [0.4, 0.5) is 0 Å². The summed E-state index contributed by atoms with van der Waals surface area (Å²) in [6.45, 7) is 4.54. The largest absolute Gasteiger partial charge is 0.481 e. The van der Waals surface area contributed by atoms with Gasteiger partial charge in [0, 0.05) is 13.0 Å². The Kier molecular flexibility index (Phi) is 13.9. The van der Waals surface area contributed by atoms with Gasteiger partial charge in [-0.25, -0.2) is 4.79 Å². The Balaban J connectivity index is 5.52. The number of carboxylic acids is 2. The van der Waals surface area contributed by atoms with Gasteiger partial charge >= 0.3 is 11.9 Å². The van der Waals surface area contributed by atoms with E-state index in [1.807, 2.05) is 0 Å². The molecule has 0 saturated heterocycles. The van der Waals surface area contributed by atoms with Crippen molar-refractivity contribution in [2.45, 2.75) is 76.7 Å². The predicted octanol–water partition coefficient (Wildman–Crippen LogP) is -3.19. The third kappa shape index (κ3) is 12.5. The molecule has 5 unspecified atom stereocenters. The molecule has 0 aliphatic carbocycles. The van der Waals surface area contributed by atoms with E-state index in [-0.39, 0.29) is 38.2 Å². The van der Waals surface area contributed by atoms with Crippen LogP contribution in [0.2, 0.25) is 0 Å². The highest BCUT2D eigenvalue weighted by Crippen LogP contribution is 2.06. The maximum absolute atomic E-state index is 12.8. The minimum Gasteiger partial charge on any atom is -0.481 e. The average molecular weight is 504 g/mol. The number of carboxylic acid groups (broad SMARTS) is 2. The molecule has 0 radical (unpaired) electrons. The van der Waals surface area contributed by atoms with Gasteiger partial charge in [0.1, 0.15) is 18.1 Å². The molecule has 15 heteroatoms. The van der Waals surface area contributed by atoms with Crippen LogP contribution >= 0.6 is 0 Å². The summed E-state index contributed by atoms with van der Waals surface area (Å²) < 4.78 is 0. The normalized spacial score (nSPS) is 15.1. The summed E-state index contributed by atoms with van der Waals surface area (Å²) >= 11 is 0. The van der Waals surface area contributed by atoms with E-state index in [9.17, 15) is 34.2 Å². The van der Waals surface area contributed by atoms with Crippen LogP contribution in [0.15, 0.2) is 4.99 Å². The van der Waals surface area contributed by atoms with E-state index in [0.29, 0.717) is 0 Å². The zero-order valence-electron chi connectivity index (χ0n) is 20.1. The molecule has 0 fully saturated rings. The first-order valence-electron chi connectivity index (χ1n) is 11.0. The van der Waals surface area contributed by atoms with Crippen LogP contribution in [0.25, 0.3) is 0 Å². The Morgan fingerprint density at radius 1 is 0.857 bits per heavy atom. The van der Waals surface area contributed by atoms with E-state index in [4.69, 9.17) is 22.3 Å². The average Bonchev–Trinajstić information content (AvgIpc) is 2.74. The molecule has 0 aromatic rings. The number of nitrogens with zero attached hydrogens (tertiary/aromatic N) is 1. The first kappa shape index (κ1) is 31.5. The second kappa shape index (κ2) is 15.4. The first-order valence-corrected chi connectivity index (χ1v) is 11.0. The Bertz CT molecular complexity index is 783. The van der Waals surface area contributed by atoms with Gasteiger partial charge < -0.3 is 48.5 Å². The van der Waals surface area contributed by atoms with E-state index >= 15 is 0 Å². The Morgan fingerprint density at radius 2 is 1.43 bits per heavy atom. The molecule has 0 rings (SSSR count). The number of nitrogens with two attached hydrogens (primary N) is 3. The number of carbonyl (C=O) groups is 5. The Morgan fingerprint density at radius 3 is 1.89 bits per heavy atom. The van der Waals surface area contributed by atoms with Crippen molar-refractivity contribution in [3.63, 3.8) is 0 Å². The molecular formula is C20H37N7O8. The van der Waals surface area contributed by atoms with Crippen molar-refractivity contribution in [2.75, 3.05) is 6.54 Å². The molecular weight excluding hydrogens is 466 g/mol. The zero-order chi connectivity index (χ0) is 27.3. The SMILES string of the molecule is CC(C)C(NC(=O)C(CCCN=C(N)N)NC(=O)C(NC(=O)C(N)CCC(=O)O)C(C)O)C(=O)O. The van der Waals surface area contributed by atoms with E-state index in [0.717, 1.165) is 0 Å². The van der Waals surface area contributed by atoms with Crippen molar-refractivity contribution in [1.82, 2.24) is 16.0 Å². The molecule has 0 aromatic carbocycles. The zero-order valence-corrected chi connectivity index (χ0v) is 20.1. The quantitative estimate of drug-likeness (QED) is 0.0574. The van der Waals surface area contributed by atoms with Crippen LogP contribution in [0.1, 0.15) is 46.5 Å². The number of aliphatic carboxylic acids is 2. The summed E-state index contributed by atoms with van der Waals surface area (Å²) in [7, 11) is 0. The lowest BCUT2D eigenvalue weighted by molar-refractivity contribution is -0.143. The number of amides is 3. The molecule has 15 nitrogen and oxygen atoms in total. The minimum absolute atomic E-state index is 0.0113. The Hall–Kier alpha value is -3.46. The second-order valence-electron chi connectivity index (χ2n) is 8.34. The van der Waals surface area contributed by atoms with Crippen molar-refractivity contribution in [1.29, 1.82) is 0 Å². The fourth-order valence-corrected chi connectivity index (χ4v) is 2.88. The molecule has 0 heterocycles. The summed E-state index contributed by atoms with van der Waals surface area (Å²) in [5.41, 5.74) is 16.2. The lowest BCUT2D eigenvalue weighted by Gasteiger charge is -2.27. The van der Waals surface area contributed by atoms with Crippen molar-refractivity contribution in [3.8, 4) is 0 Å². The molecule has 0 bridgehead atoms. The van der Waals surface area contributed by atoms with Crippen molar-refractivity contribution >= 4 is 35.6 Å². The third-order valence-corrected chi connectivity index (χ3v) is 4.88. The molecule has 0 aliphatic heterocycles. The van der Waals surface area contributed by atoms with Gasteiger partial charge in [-0.2, -0.15) is 0 Å².